The number of hydrogen-bond acceptors (Lipinski definition) is 2. The van der Waals surface area contributed by atoms with Crippen LogP contribution in [0.4, 0.5) is 8.78 Å². The van der Waals surface area contributed by atoms with Crippen molar-refractivity contribution < 1.29 is 13.5 Å². The van der Waals surface area contributed by atoms with E-state index in [1.54, 1.807) is 0 Å². The second-order valence-corrected chi connectivity index (χ2v) is 3.39. The fraction of sp³-hybridized carbons (Fsp3) is 0.286. The van der Waals surface area contributed by atoms with E-state index in [1.807, 2.05) is 0 Å². The van der Waals surface area contributed by atoms with Gasteiger partial charge in [0.25, 0.3) is 6.43 Å². The molecule has 0 atom stereocenters. The van der Waals surface area contributed by atoms with Gasteiger partial charge in [-0.2, -0.15) is 0 Å². The Balaban J connectivity index is 3.22. The summed E-state index contributed by atoms with van der Waals surface area (Å²) in [6.07, 6.45) is -2.64. The summed E-state index contributed by atoms with van der Waals surface area (Å²) in [6.45, 7) is 0. The van der Waals surface area contributed by atoms with Gasteiger partial charge >= 0.3 is 0 Å². The van der Waals surface area contributed by atoms with E-state index in [4.69, 9.17) is 16.3 Å². The highest BCUT2D eigenvalue weighted by Crippen LogP contribution is 2.33. The van der Waals surface area contributed by atoms with Gasteiger partial charge in [0, 0.05) is 4.47 Å². The predicted molar refractivity (Wildman–Crippen MR) is 48.5 cm³/mol. The lowest BCUT2D eigenvalue weighted by molar-refractivity contribution is 0.145. The summed E-state index contributed by atoms with van der Waals surface area (Å²) in [6, 6.07) is 1.16. The highest BCUT2D eigenvalue weighted by Gasteiger charge is 2.15. The second kappa shape index (κ2) is 4.19. The van der Waals surface area contributed by atoms with Gasteiger partial charge in [0.2, 0.25) is 5.88 Å². The van der Waals surface area contributed by atoms with E-state index in [0.717, 1.165) is 6.07 Å². The highest BCUT2D eigenvalue weighted by atomic mass is 79.9. The van der Waals surface area contributed by atoms with Crippen LogP contribution in [-0.2, 0) is 0 Å². The molecule has 0 unspecified atom stereocenters. The lowest BCUT2D eigenvalue weighted by Crippen LogP contribution is -1.95. The molecule has 1 heterocycles. The van der Waals surface area contributed by atoms with Gasteiger partial charge in [-0.15, -0.1) is 0 Å². The van der Waals surface area contributed by atoms with Crippen molar-refractivity contribution in [3.63, 3.8) is 0 Å². The summed E-state index contributed by atoms with van der Waals surface area (Å²) in [5, 5.41) is 0.187. The lowest BCUT2D eigenvalue weighted by atomic mass is 10.3. The maximum atomic E-state index is 12.2. The van der Waals surface area contributed by atoms with Crippen molar-refractivity contribution in [2.24, 2.45) is 0 Å². The first-order valence-electron chi connectivity index (χ1n) is 3.24. The normalized spacial score (nSPS) is 10.6. The maximum Gasteiger partial charge on any atom is 0.280 e. The number of alkyl halides is 2. The van der Waals surface area contributed by atoms with Gasteiger partial charge in [0.1, 0.15) is 10.7 Å². The summed E-state index contributed by atoms with van der Waals surface area (Å²) in [7, 11) is 1.32. The number of rotatable bonds is 2. The maximum absolute atomic E-state index is 12.2. The largest absolute Gasteiger partial charge is 0.480 e. The molecule has 1 aromatic rings. The standard InChI is InChI=1S/C7H5BrClF2NO/c1-13-7-5(9)3(8)2-4(12-7)6(10)11/h2,6H,1H3. The fourth-order valence-corrected chi connectivity index (χ4v) is 1.32. The number of methoxy groups -OCH3 is 1. The topological polar surface area (TPSA) is 22.1 Å². The van der Waals surface area contributed by atoms with Crippen LogP contribution in [0.5, 0.6) is 5.88 Å². The average molecular weight is 272 g/mol. The van der Waals surface area contributed by atoms with Crippen molar-refractivity contribution in [3.05, 3.63) is 21.3 Å². The Labute approximate surface area is 87.0 Å². The van der Waals surface area contributed by atoms with Gasteiger partial charge in [-0.05, 0) is 22.0 Å². The Morgan fingerprint density at radius 1 is 1.62 bits per heavy atom. The number of hydrogen-bond donors (Lipinski definition) is 0. The Morgan fingerprint density at radius 2 is 2.23 bits per heavy atom. The van der Waals surface area contributed by atoms with E-state index < -0.39 is 6.43 Å². The Morgan fingerprint density at radius 3 is 2.69 bits per heavy atom. The van der Waals surface area contributed by atoms with E-state index in [0.29, 0.717) is 4.47 Å². The van der Waals surface area contributed by atoms with E-state index in [-0.39, 0.29) is 16.6 Å². The Hall–Kier alpha value is -0.420. The van der Waals surface area contributed by atoms with E-state index in [1.165, 1.54) is 7.11 Å². The van der Waals surface area contributed by atoms with Crippen LogP contribution in [-0.4, -0.2) is 12.1 Å². The third kappa shape index (κ3) is 2.28. The molecule has 2 nitrogen and oxygen atoms in total. The predicted octanol–water partition coefficient (Wildman–Crippen LogP) is 3.44. The van der Waals surface area contributed by atoms with Gasteiger partial charge in [0.15, 0.2) is 0 Å². The third-order valence-corrected chi connectivity index (χ3v) is 2.54. The Kier molecular flexibility index (Phi) is 3.44. The molecular formula is C7H5BrClF2NO. The van der Waals surface area contributed by atoms with Crippen molar-refractivity contribution in [3.8, 4) is 5.88 Å². The summed E-state index contributed by atoms with van der Waals surface area (Å²) < 4.78 is 29.5. The van der Waals surface area contributed by atoms with Gasteiger partial charge in [-0.3, -0.25) is 0 Å². The summed E-state index contributed by atoms with van der Waals surface area (Å²) in [5.41, 5.74) is -0.367. The Bertz CT molecular complexity index is 322. The van der Waals surface area contributed by atoms with Crippen molar-refractivity contribution in [1.29, 1.82) is 0 Å². The first kappa shape index (κ1) is 10.7. The van der Waals surface area contributed by atoms with Crippen molar-refractivity contribution in [1.82, 2.24) is 4.98 Å². The number of pyridine rings is 1. The number of nitrogens with zero attached hydrogens (tertiary/aromatic N) is 1. The van der Waals surface area contributed by atoms with Crippen LogP contribution < -0.4 is 4.74 Å². The van der Waals surface area contributed by atoms with E-state index in [9.17, 15) is 8.78 Å². The van der Waals surface area contributed by atoms with Gasteiger partial charge in [0.05, 0.1) is 7.11 Å². The molecule has 72 valence electrons. The summed E-state index contributed by atoms with van der Waals surface area (Å²) in [5.74, 6) is -0.00802. The van der Waals surface area contributed by atoms with Crippen LogP contribution in [0, 0.1) is 0 Å². The monoisotopic (exact) mass is 271 g/mol. The molecule has 1 aromatic heterocycles. The minimum atomic E-state index is -2.64. The first-order chi connectivity index (χ1) is 6.06. The highest BCUT2D eigenvalue weighted by molar-refractivity contribution is 9.10. The van der Waals surface area contributed by atoms with Crippen molar-refractivity contribution >= 4 is 27.5 Å². The molecule has 0 N–H and O–H groups in total. The first-order valence-corrected chi connectivity index (χ1v) is 4.41. The SMILES string of the molecule is COc1nc(C(F)F)cc(Br)c1Cl. The molecule has 1 rings (SSSR count). The van der Waals surface area contributed by atoms with Crippen LogP contribution in [0.3, 0.4) is 0 Å². The van der Waals surface area contributed by atoms with Crippen molar-refractivity contribution in [2.45, 2.75) is 6.43 Å². The molecule has 6 heteroatoms. The van der Waals surface area contributed by atoms with Crippen LogP contribution >= 0.6 is 27.5 Å². The summed E-state index contributed by atoms with van der Waals surface area (Å²) >= 11 is 8.71. The molecule has 0 radical (unpaired) electrons. The number of aromatic nitrogens is 1. The molecule has 0 bridgehead atoms. The third-order valence-electron chi connectivity index (χ3n) is 1.32. The molecule has 0 saturated carbocycles. The molecule has 0 fully saturated rings. The van der Waals surface area contributed by atoms with Crippen LogP contribution in [0.15, 0.2) is 10.5 Å². The smallest absolute Gasteiger partial charge is 0.280 e. The zero-order valence-electron chi connectivity index (χ0n) is 6.52. The number of halogens is 4. The minimum Gasteiger partial charge on any atom is -0.480 e. The second-order valence-electron chi connectivity index (χ2n) is 2.15. The molecule has 0 amide bonds. The minimum absolute atomic E-state index is 0.00802. The van der Waals surface area contributed by atoms with Crippen LogP contribution in [0.2, 0.25) is 5.02 Å². The molecule has 0 aliphatic carbocycles. The average Bonchev–Trinajstić information content (AvgIpc) is 2.09. The van der Waals surface area contributed by atoms with Crippen molar-refractivity contribution in [2.75, 3.05) is 7.11 Å². The molecule has 0 saturated heterocycles. The lowest BCUT2D eigenvalue weighted by Gasteiger charge is -2.06. The van der Waals surface area contributed by atoms with E-state index >= 15 is 0 Å². The molecule has 0 spiro atoms. The molecule has 13 heavy (non-hydrogen) atoms. The van der Waals surface area contributed by atoms with Crippen LogP contribution in [0.25, 0.3) is 0 Å². The quantitative estimate of drug-likeness (QED) is 0.823. The van der Waals surface area contributed by atoms with Gasteiger partial charge < -0.3 is 4.74 Å². The van der Waals surface area contributed by atoms with Gasteiger partial charge in [-0.1, -0.05) is 11.6 Å². The molecule has 0 aliphatic rings. The molecule has 0 aliphatic heterocycles. The van der Waals surface area contributed by atoms with Gasteiger partial charge in [-0.25, -0.2) is 13.8 Å². The fourth-order valence-electron chi connectivity index (χ4n) is 0.741. The zero-order chi connectivity index (χ0) is 10.0. The zero-order valence-corrected chi connectivity index (χ0v) is 8.86. The summed E-state index contributed by atoms with van der Waals surface area (Å²) in [4.78, 5) is 3.52. The number of ether oxygens (including phenoxy) is 1. The molecule has 0 aromatic carbocycles. The van der Waals surface area contributed by atoms with E-state index in [2.05, 4.69) is 20.9 Å². The molecular weight excluding hydrogens is 267 g/mol. The van der Waals surface area contributed by atoms with Crippen LogP contribution in [0.1, 0.15) is 12.1 Å².